The molecule has 0 saturated heterocycles. The van der Waals surface area contributed by atoms with Gasteiger partial charge in [0.25, 0.3) is 5.56 Å². The van der Waals surface area contributed by atoms with Crippen LogP contribution in [-0.4, -0.2) is 15.9 Å². The highest BCUT2D eigenvalue weighted by Crippen LogP contribution is 2.30. The molecule has 0 saturated carbocycles. The van der Waals surface area contributed by atoms with Gasteiger partial charge in [-0.15, -0.1) is 11.3 Å². The van der Waals surface area contributed by atoms with E-state index in [0.29, 0.717) is 27.5 Å². The zero-order chi connectivity index (χ0) is 20.4. The molecule has 5 nitrogen and oxygen atoms in total. The SMILES string of the molecule is CC(C)c1ccc(C(=O)OCc2nc3scc(-c4ccccc4)c3c(=O)[nH]2)cc1. The Morgan fingerprint density at radius 3 is 2.52 bits per heavy atom. The fraction of sp³-hybridized carbons (Fsp3) is 0.174. The second-order valence-electron chi connectivity index (χ2n) is 7.06. The maximum Gasteiger partial charge on any atom is 0.338 e. The summed E-state index contributed by atoms with van der Waals surface area (Å²) in [7, 11) is 0. The third-order valence-electron chi connectivity index (χ3n) is 4.73. The smallest absolute Gasteiger partial charge is 0.338 e. The molecule has 0 aliphatic carbocycles. The molecule has 4 aromatic rings. The first-order valence-corrected chi connectivity index (χ1v) is 10.2. The van der Waals surface area contributed by atoms with Crippen LogP contribution in [0.15, 0.2) is 64.8 Å². The van der Waals surface area contributed by atoms with Gasteiger partial charge in [-0.3, -0.25) is 4.79 Å². The Bertz CT molecular complexity index is 1210. The standard InChI is InChI=1S/C23H20N2O3S/c1-14(2)15-8-10-17(11-9-15)23(27)28-12-19-24-21(26)20-18(13-29-22(20)25-19)16-6-4-3-5-7-16/h3-11,13-14H,12H2,1-2H3,(H,24,25,26). The van der Waals surface area contributed by atoms with Crippen molar-refractivity contribution in [3.8, 4) is 11.1 Å². The maximum absolute atomic E-state index is 12.6. The molecule has 2 aromatic heterocycles. The van der Waals surface area contributed by atoms with Gasteiger partial charge in [-0.25, -0.2) is 9.78 Å². The molecule has 2 aromatic carbocycles. The number of fused-ring (bicyclic) bond motifs is 1. The molecule has 0 spiro atoms. The number of rotatable bonds is 5. The fourth-order valence-electron chi connectivity index (χ4n) is 3.11. The number of carbonyl (C=O) groups is 1. The van der Waals surface area contributed by atoms with E-state index in [1.165, 1.54) is 11.3 Å². The molecule has 146 valence electrons. The highest BCUT2D eigenvalue weighted by atomic mass is 32.1. The van der Waals surface area contributed by atoms with E-state index in [9.17, 15) is 9.59 Å². The van der Waals surface area contributed by atoms with Crippen molar-refractivity contribution in [2.75, 3.05) is 0 Å². The molecule has 0 amide bonds. The summed E-state index contributed by atoms with van der Waals surface area (Å²) >= 11 is 1.40. The second-order valence-corrected chi connectivity index (χ2v) is 7.92. The van der Waals surface area contributed by atoms with Gasteiger partial charge < -0.3 is 9.72 Å². The molecule has 1 N–H and O–H groups in total. The number of esters is 1. The van der Waals surface area contributed by atoms with Crippen LogP contribution in [0, 0.1) is 0 Å². The minimum atomic E-state index is -0.445. The molecule has 2 heterocycles. The van der Waals surface area contributed by atoms with E-state index in [4.69, 9.17) is 4.74 Å². The highest BCUT2D eigenvalue weighted by molar-refractivity contribution is 7.17. The van der Waals surface area contributed by atoms with E-state index in [1.807, 2.05) is 47.8 Å². The summed E-state index contributed by atoms with van der Waals surface area (Å²) in [5.41, 5.74) is 3.22. The number of hydrogen-bond acceptors (Lipinski definition) is 5. The quantitative estimate of drug-likeness (QED) is 0.468. The number of nitrogens with zero attached hydrogens (tertiary/aromatic N) is 1. The molecule has 0 bridgehead atoms. The van der Waals surface area contributed by atoms with Crippen LogP contribution in [0.3, 0.4) is 0 Å². The zero-order valence-electron chi connectivity index (χ0n) is 16.1. The molecule has 4 rings (SSSR count). The summed E-state index contributed by atoms with van der Waals surface area (Å²) in [6, 6.07) is 17.1. The zero-order valence-corrected chi connectivity index (χ0v) is 17.0. The van der Waals surface area contributed by atoms with E-state index in [2.05, 4.69) is 23.8 Å². The van der Waals surface area contributed by atoms with Gasteiger partial charge in [0.15, 0.2) is 0 Å². The number of thiophene rings is 1. The molecule has 29 heavy (non-hydrogen) atoms. The molecule has 0 unspecified atom stereocenters. The third-order valence-corrected chi connectivity index (χ3v) is 5.60. The molecular formula is C23H20N2O3S. The summed E-state index contributed by atoms with van der Waals surface area (Å²) in [6.45, 7) is 4.10. The van der Waals surface area contributed by atoms with Gasteiger partial charge >= 0.3 is 5.97 Å². The predicted octanol–water partition coefficient (Wildman–Crippen LogP) is 5.13. The summed E-state index contributed by atoms with van der Waals surface area (Å²) in [4.78, 5) is 32.8. The van der Waals surface area contributed by atoms with E-state index >= 15 is 0 Å². The van der Waals surface area contributed by atoms with Crippen LogP contribution in [0.4, 0.5) is 0 Å². The molecule has 0 aliphatic heterocycles. The molecule has 0 atom stereocenters. The minimum absolute atomic E-state index is 0.0888. The second kappa shape index (κ2) is 8.01. The van der Waals surface area contributed by atoms with Gasteiger partial charge in [-0.1, -0.05) is 56.3 Å². The lowest BCUT2D eigenvalue weighted by Crippen LogP contribution is -2.14. The van der Waals surface area contributed by atoms with E-state index in [-0.39, 0.29) is 12.2 Å². The van der Waals surface area contributed by atoms with Crippen LogP contribution in [0.2, 0.25) is 0 Å². The van der Waals surface area contributed by atoms with Crippen LogP contribution in [0.5, 0.6) is 0 Å². The predicted molar refractivity (Wildman–Crippen MR) is 115 cm³/mol. The van der Waals surface area contributed by atoms with Gasteiger partial charge in [-0.05, 0) is 29.2 Å². The highest BCUT2D eigenvalue weighted by Gasteiger charge is 2.14. The Balaban J connectivity index is 1.53. The van der Waals surface area contributed by atoms with Crippen molar-refractivity contribution in [1.29, 1.82) is 0 Å². The number of benzene rings is 2. The first-order valence-electron chi connectivity index (χ1n) is 9.36. The molecule has 0 radical (unpaired) electrons. The number of aromatic nitrogens is 2. The summed E-state index contributed by atoms with van der Waals surface area (Å²) in [6.07, 6.45) is 0. The van der Waals surface area contributed by atoms with Crippen LogP contribution < -0.4 is 5.56 Å². The van der Waals surface area contributed by atoms with Crippen LogP contribution in [0.25, 0.3) is 21.3 Å². The fourth-order valence-corrected chi connectivity index (χ4v) is 4.08. The van der Waals surface area contributed by atoms with Gasteiger partial charge in [0.05, 0.1) is 10.9 Å². The first-order chi connectivity index (χ1) is 14.0. The van der Waals surface area contributed by atoms with E-state index in [0.717, 1.165) is 16.7 Å². The van der Waals surface area contributed by atoms with Crippen molar-refractivity contribution in [3.05, 3.63) is 87.3 Å². The number of nitrogens with one attached hydrogen (secondary N) is 1. The number of aromatic amines is 1. The normalized spacial score (nSPS) is 11.1. The number of ether oxygens (including phenoxy) is 1. The van der Waals surface area contributed by atoms with Gasteiger partial charge in [0.1, 0.15) is 17.3 Å². The largest absolute Gasteiger partial charge is 0.454 e. The lowest BCUT2D eigenvalue weighted by atomic mass is 10.0. The van der Waals surface area contributed by atoms with Gasteiger partial charge in [0, 0.05) is 10.9 Å². The number of carbonyl (C=O) groups excluding carboxylic acids is 1. The van der Waals surface area contributed by atoms with E-state index < -0.39 is 5.97 Å². The Morgan fingerprint density at radius 1 is 1.10 bits per heavy atom. The Kier molecular flexibility index (Phi) is 5.27. The molecule has 6 heteroatoms. The van der Waals surface area contributed by atoms with Crippen LogP contribution >= 0.6 is 11.3 Å². The van der Waals surface area contributed by atoms with Crippen molar-refractivity contribution in [1.82, 2.24) is 9.97 Å². The Labute approximate surface area is 172 Å². The van der Waals surface area contributed by atoms with E-state index in [1.54, 1.807) is 12.1 Å². The van der Waals surface area contributed by atoms with Crippen molar-refractivity contribution >= 4 is 27.5 Å². The van der Waals surface area contributed by atoms with Crippen molar-refractivity contribution in [3.63, 3.8) is 0 Å². The lowest BCUT2D eigenvalue weighted by molar-refractivity contribution is 0.0462. The maximum atomic E-state index is 12.6. The van der Waals surface area contributed by atoms with Gasteiger partial charge in [0.2, 0.25) is 0 Å². The molecule has 0 aliphatic rings. The Hall–Kier alpha value is -3.25. The average Bonchev–Trinajstić information content (AvgIpc) is 3.17. The first kappa shape index (κ1) is 19.1. The summed E-state index contributed by atoms with van der Waals surface area (Å²) < 4.78 is 5.34. The average molecular weight is 404 g/mol. The molecular weight excluding hydrogens is 384 g/mol. The van der Waals surface area contributed by atoms with Gasteiger partial charge in [-0.2, -0.15) is 0 Å². The summed E-state index contributed by atoms with van der Waals surface area (Å²) in [5, 5.41) is 2.48. The monoisotopic (exact) mass is 404 g/mol. The van der Waals surface area contributed by atoms with Crippen molar-refractivity contribution < 1.29 is 9.53 Å². The van der Waals surface area contributed by atoms with Crippen LogP contribution in [0.1, 0.15) is 41.5 Å². The Morgan fingerprint density at radius 2 is 1.83 bits per heavy atom. The number of hydrogen-bond donors (Lipinski definition) is 1. The third kappa shape index (κ3) is 3.98. The number of H-pyrrole nitrogens is 1. The lowest BCUT2D eigenvalue weighted by Gasteiger charge is -2.07. The van der Waals surface area contributed by atoms with Crippen molar-refractivity contribution in [2.45, 2.75) is 26.4 Å². The minimum Gasteiger partial charge on any atom is -0.454 e. The van der Waals surface area contributed by atoms with Crippen molar-refractivity contribution in [2.24, 2.45) is 0 Å². The molecule has 0 fully saturated rings. The summed E-state index contributed by atoms with van der Waals surface area (Å²) in [5.74, 6) is 0.281. The van der Waals surface area contributed by atoms with Crippen LogP contribution in [-0.2, 0) is 11.3 Å². The topological polar surface area (TPSA) is 72.0 Å².